The molecular weight excluding hydrogens is 258 g/mol. The standard InChI is InChI=1S/C14H23N3OS/c1-11-8-15-13(16-9-11)19-7-3-6-14(2,10-18)17-12-4-5-12/h8-9,12,17-18H,3-7,10H2,1-2H3. The Balaban J connectivity index is 1.68. The molecule has 19 heavy (non-hydrogen) atoms. The van der Waals surface area contributed by atoms with Crippen LogP contribution < -0.4 is 5.32 Å². The van der Waals surface area contributed by atoms with E-state index in [2.05, 4.69) is 22.2 Å². The quantitative estimate of drug-likeness (QED) is 0.434. The maximum Gasteiger partial charge on any atom is 0.187 e. The second-order valence-corrected chi connectivity index (χ2v) is 6.69. The predicted molar refractivity (Wildman–Crippen MR) is 78.4 cm³/mol. The minimum absolute atomic E-state index is 0.129. The molecule has 106 valence electrons. The largest absolute Gasteiger partial charge is 0.394 e. The Labute approximate surface area is 119 Å². The molecule has 1 aromatic rings. The van der Waals surface area contributed by atoms with Crippen LogP contribution >= 0.6 is 11.8 Å². The van der Waals surface area contributed by atoms with E-state index in [1.807, 2.05) is 19.3 Å². The third-order valence-corrected chi connectivity index (χ3v) is 4.30. The molecule has 1 atom stereocenters. The monoisotopic (exact) mass is 281 g/mol. The first-order valence-electron chi connectivity index (χ1n) is 6.91. The number of aromatic nitrogens is 2. The molecule has 1 aromatic heterocycles. The van der Waals surface area contributed by atoms with Crippen molar-refractivity contribution in [2.75, 3.05) is 12.4 Å². The van der Waals surface area contributed by atoms with Crippen molar-refractivity contribution in [2.24, 2.45) is 0 Å². The summed E-state index contributed by atoms with van der Waals surface area (Å²) < 4.78 is 0. The van der Waals surface area contributed by atoms with Gasteiger partial charge in [-0.3, -0.25) is 0 Å². The predicted octanol–water partition coefficient (Wildman–Crippen LogP) is 2.16. The number of thioether (sulfide) groups is 1. The fourth-order valence-electron chi connectivity index (χ4n) is 2.00. The van der Waals surface area contributed by atoms with Crippen LogP contribution in [-0.2, 0) is 0 Å². The first kappa shape index (κ1) is 14.8. The molecular formula is C14H23N3OS. The summed E-state index contributed by atoms with van der Waals surface area (Å²) in [6.45, 7) is 4.30. The molecule has 1 heterocycles. The van der Waals surface area contributed by atoms with Crippen LogP contribution in [0.15, 0.2) is 17.6 Å². The molecule has 0 radical (unpaired) electrons. The van der Waals surface area contributed by atoms with Gasteiger partial charge in [0.1, 0.15) is 0 Å². The molecule has 1 fully saturated rings. The third-order valence-electron chi connectivity index (χ3n) is 3.34. The molecule has 2 N–H and O–H groups in total. The molecule has 5 heteroatoms. The van der Waals surface area contributed by atoms with E-state index in [0.717, 1.165) is 29.3 Å². The van der Waals surface area contributed by atoms with Gasteiger partial charge in [0.15, 0.2) is 5.16 Å². The van der Waals surface area contributed by atoms with Gasteiger partial charge in [-0.25, -0.2) is 9.97 Å². The minimum atomic E-state index is -0.129. The second-order valence-electron chi connectivity index (χ2n) is 5.63. The maximum atomic E-state index is 9.51. The van der Waals surface area contributed by atoms with Crippen molar-refractivity contribution >= 4 is 11.8 Å². The van der Waals surface area contributed by atoms with Gasteiger partial charge >= 0.3 is 0 Å². The fourth-order valence-corrected chi connectivity index (χ4v) is 2.72. The van der Waals surface area contributed by atoms with Crippen molar-refractivity contribution in [3.63, 3.8) is 0 Å². The third kappa shape index (κ3) is 5.09. The SMILES string of the molecule is Cc1cnc(SCCCC(C)(CO)NC2CC2)nc1. The molecule has 0 spiro atoms. The van der Waals surface area contributed by atoms with Gasteiger partial charge in [-0.1, -0.05) is 11.8 Å². The van der Waals surface area contributed by atoms with Gasteiger partial charge in [-0.05, 0) is 45.1 Å². The van der Waals surface area contributed by atoms with E-state index in [-0.39, 0.29) is 12.1 Å². The summed E-state index contributed by atoms with van der Waals surface area (Å²) in [6, 6.07) is 0.630. The highest BCUT2D eigenvalue weighted by atomic mass is 32.2. The molecule has 0 aromatic carbocycles. The van der Waals surface area contributed by atoms with Crippen LogP contribution in [0.1, 0.15) is 38.2 Å². The zero-order chi connectivity index (χ0) is 13.7. The Kier molecular flexibility index (Phi) is 5.19. The Morgan fingerprint density at radius 1 is 1.42 bits per heavy atom. The van der Waals surface area contributed by atoms with Crippen molar-refractivity contribution in [2.45, 2.75) is 56.3 Å². The fraction of sp³-hybridized carbons (Fsp3) is 0.714. The lowest BCUT2D eigenvalue weighted by Gasteiger charge is -2.29. The van der Waals surface area contributed by atoms with Crippen molar-refractivity contribution in [1.29, 1.82) is 0 Å². The van der Waals surface area contributed by atoms with E-state index in [4.69, 9.17) is 0 Å². The molecule has 0 aliphatic heterocycles. The van der Waals surface area contributed by atoms with Crippen molar-refractivity contribution in [3.8, 4) is 0 Å². The van der Waals surface area contributed by atoms with Gasteiger partial charge in [0.25, 0.3) is 0 Å². The Hall–Kier alpha value is -0.650. The summed E-state index contributed by atoms with van der Waals surface area (Å²) in [4.78, 5) is 8.56. The van der Waals surface area contributed by atoms with E-state index in [1.54, 1.807) is 11.8 Å². The number of hydrogen-bond acceptors (Lipinski definition) is 5. The number of aryl methyl sites for hydroxylation is 1. The van der Waals surface area contributed by atoms with Crippen LogP contribution in [0.5, 0.6) is 0 Å². The number of rotatable bonds is 8. The molecule has 0 amide bonds. The normalized spacial score (nSPS) is 18.3. The van der Waals surface area contributed by atoms with E-state index in [9.17, 15) is 5.11 Å². The highest BCUT2D eigenvalue weighted by molar-refractivity contribution is 7.99. The first-order valence-corrected chi connectivity index (χ1v) is 7.90. The molecule has 0 bridgehead atoms. The van der Waals surface area contributed by atoms with Crippen LogP contribution in [0.25, 0.3) is 0 Å². The zero-order valence-corrected chi connectivity index (χ0v) is 12.5. The Morgan fingerprint density at radius 3 is 2.68 bits per heavy atom. The summed E-state index contributed by atoms with van der Waals surface area (Å²) in [7, 11) is 0. The molecule has 1 saturated carbocycles. The highest BCUT2D eigenvalue weighted by Crippen LogP contribution is 2.25. The average Bonchev–Trinajstić information content (AvgIpc) is 3.21. The van der Waals surface area contributed by atoms with Crippen LogP contribution in [-0.4, -0.2) is 39.0 Å². The second kappa shape index (κ2) is 6.68. The lowest BCUT2D eigenvalue weighted by Crippen LogP contribution is -2.46. The summed E-state index contributed by atoms with van der Waals surface area (Å²) in [5.41, 5.74) is 0.960. The highest BCUT2D eigenvalue weighted by Gasteiger charge is 2.31. The van der Waals surface area contributed by atoms with Gasteiger partial charge in [-0.2, -0.15) is 0 Å². The molecule has 1 aliphatic rings. The van der Waals surface area contributed by atoms with Crippen molar-refractivity contribution in [1.82, 2.24) is 15.3 Å². The van der Waals surface area contributed by atoms with Gasteiger partial charge in [0.05, 0.1) is 6.61 Å². The first-order chi connectivity index (χ1) is 9.11. The lowest BCUT2D eigenvalue weighted by atomic mass is 9.97. The van der Waals surface area contributed by atoms with Crippen LogP contribution in [0, 0.1) is 6.92 Å². The number of nitrogens with one attached hydrogen (secondary N) is 1. The van der Waals surface area contributed by atoms with Crippen LogP contribution in [0.3, 0.4) is 0 Å². The van der Waals surface area contributed by atoms with Crippen LogP contribution in [0.2, 0.25) is 0 Å². The van der Waals surface area contributed by atoms with Crippen molar-refractivity contribution in [3.05, 3.63) is 18.0 Å². The molecule has 0 saturated heterocycles. The molecule has 2 rings (SSSR count). The number of hydrogen-bond donors (Lipinski definition) is 2. The number of aliphatic hydroxyl groups is 1. The number of nitrogens with zero attached hydrogens (tertiary/aromatic N) is 2. The van der Waals surface area contributed by atoms with Gasteiger partial charge in [-0.15, -0.1) is 0 Å². The molecule has 1 unspecified atom stereocenters. The van der Waals surface area contributed by atoms with E-state index in [0.29, 0.717) is 6.04 Å². The summed E-state index contributed by atoms with van der Waals surface area (Å²) >= 11 is 1.68. The lowest BCUT2D eigenvalue weighted by molar-refractivity contribution is 0.163. The number of aliphatic hydroxyl groups excluding tert-OH is 1. The van der Waals surface area contributed by atoms with E-state index < -0.39 is 0 Å². The van der Waals surface area contributed by atoms with Gasteiger partial charge < -0.3 is 10.4 Å². The average molecular weight is 281 g/mol. The van der Waals surface area contributed by atoms with E-state index in [1.165, 1.54) is 12.8 Å². The molecule has 4 nitrogen and oxygen atoms in total. The van der Waals surface area contributed by atoms with E-state index >= 15 is 0 Å². The Morgan fingerprint density at radius 2 is 2.11 bits per heavy atom. The summed E-state index contributed by atoms with van der Waals surface area (Å²) in [6.07, 6.45) is 8.24. The Bertz CT molecular complexity index is 394. The van der Waals surface area contributed by atoms with Gasteiger partial charge in [0.2, 0.25) is 0 Å². The maximum absolute atomic E-state index is 9.51. The topological polar surface area (TPSA) is 58.0 Å². The summed E-state index contributed by atoms with van der Waals surface area (Å²) in [5, 5.41) is 13.9. The van der Waals surface area contributed by atoms with Gasteiger partial charge in [0, 0.05) is 29.7 Å². The minimum Gasteiger partial charge on any atom is -0.394 e. The summed E-state index contributed by atoms with van der Waals surface area (Å²) in [5.74, 6) is 0.991. The zero-order valence-electron chi connectivity index (χ0n) is 11.7. The smallest absolute Gasteiger partial charge is 0.187 e. The molecule has 1 aliphatic carbocycles. The van der Waals surface area contributed by atoms with Crippen LogP contribution in [0.4, 0.5) is 0 Å². The van der Waals surface area contributed by atoms with Crippen molar-refractivity contribution < 1.29 is 5.11 Å².